The van der Waals surface area contributed by atoms with Crippen molar-refractivity contribution in [2.24, 2.45) is 0 Å². The maximum atomic E-state index is 11.7. The molecule has 1 amide bonds. The molecule has 0 fully saturated rings. The highest BCUT2D eigenvalue weighted by atomic mass is 79.9. The fourth-order valence-corrected chi connectivity index (χ4v) is 2.88. The number of rotatable bonds is 3. The molecule has 1 aromatic carbocycles. The summed E-state index contributed by atoms with van der Waals surface area (Å²) in [4.78, 5) is 17.8. The number of aromatic nitrogens is 1. The number of carbonyl (C=O) groups excluding carboxylic acids is 1. The Morgan fingerprint density at radius 3 is 2.89 bits per heavy atom. The van der Waals surface area contributed by atoms with Gasteiger partial charge in [-0.05, 0) is 25.1 Å². The Balaban J connectivity index is 2.19. The summed E-state index contributed by atoms with van der Waals surface area (Å²) in [6, 6.07) is 5.69. The van der Waals surface area contributed by atoms with Crippen LogP contribution >= 0.6 is 27.3 Å². The lowest BCUT2D eigenvalue weighted by molar-refractivity contribution is -0.129. The van der Waals surface area contributed by atoms with Gasteiger partial charge < -0.3 is 10.2 Å². The molecule has 2 aromatic rings. The van der Waals surface area contributed by atoms with Gasteiger partial charge in [-0.15, -0.1) is 0 Å². The normalized spacial score (nSPS) is 12.4. The second-order valence-electron chi connectivity index (χ2n) is 4.23. The lowest BCUT2D eigenvalue weighted by Crippen LogP contribution is -2.36. The first-order chi connectivity index (χ1) is 8.47. The number of anilines is 1. The van der Waals surface area contributed by atoms with E-state index in [4.69, 9.17) is 0 Å². The molecule has 0 saturated heterocycles. The van der Waals surface area contributed by atoms with E-state index < -0.39 is 0 Å². The van der Waals surface area contributed by atoms with Crippen LogP contribution in [0.4, 0.5) is 5.13 Å². The molecule has 0 radical (unpaired) electrons. The summed E-state index contributed by atoms with van der Waals surface area (Å²) in [5.74, 6) is 0.0374. The van der Waals surface area contributed by atoms with Crippen molar-refractivity contribution in [1.82, 2.24) is 9.88 Å². The first kappa shape index (κ1) is 13.3. The fraction of sp³-hybridized carbons (Fsp3) is 0.333. The molecule has 0 aliphatic heterocycles. The fourth-order valence-electron chi connectivity index (χ4n) is 1.60. The molecule has 1 unspecified atom stereocenters. The van der Waals surface area contributed by atoms with Crippen molar-refractivity contribution in [2.75, 3.05) is 19.4 Å². The standard InChI is InChI=1S/C12H14BrN3OS/c1-7(11(17)16(2)3)14-12-15-9-6-8(13)4-5-10(9)18-12/h4-7H,1-3H3,(H,14,15). The van der Waals surface area contributed by atoms with Gasteiger partial charge in [-0.2, -0.15) is 0 Å². The summed E-state index contributed by atoms with van der Waals surface area (Å²) in [7, 11) is 3.49. The van der Waals surface area contributed by atoms with Gasteiger partial charge in [0.2, 0.25) is 5.91 Å². The lowest BCUT2D eigenvalue weighted by atomic mass is 10.3. The molecule has 6 heteroatoms. The van der Waals surface area contributed by atoms with Gasteiger partial charge in [0.05, 0.1) is 10.2 Å². The molecule has 1 aromatic heterocycles. The number of thiazole rings is 1. The summed E-state index contributed by atoms with van der Waals surface area (Å²) in [5, 5.41) is 3.90. The Morgan fingerprint density at radius 2 is 2.22 bits per heavy atom. The molecule has 0 aliphatic carbocycles. The van der Waals surface area contributed by atoms with E-state index in [-0.39, 0.29) is 11.9 Å². The molecule has 0 spiro atoms. The van der Waals surface area contributed by atoms with Crippen LogP contribution in [0.2, 0.25) is 0 Å². The highest BCUT2D eigenvalue weighted by molar-refractivity contribution is 9.10. The van der Waals surface area contributed by atoms with Gasteiger partial charge in [0, 0.05) is 18.6 Å². The minimum Gasteiger partial charge on any atom is -0.350 e. The summed E-state index contributed by atoms with van der Waals surface area (Å²) < 4.78 is 2.11. The van der Waals surface area contributed by atoms with Crippen molar-refractivity contribution in [3.05, 3.63) is 22.7 Å². The molecule has 18 heavy (non-hydrogen) atoms. The molecule has 2 rings (SSSR count). The molecule has 96 valence electrons. The van der Waals surface area contributed by atoms with Gasteiger partial charge >= 0.3 is 0 Å². The van der Waals surface area contributed by atoms with E-state index in [0.29, 0.717) is 0 Å². The van der Waals surface area contributed by atoms with Crippen LogP contribution < -0.4 is 5.32 Å². The van der Waals surface area contributed by atoms with Gasteiger partial charge in [-0.3, -0.25) is 4.79 Å². The maximum absolute atomic E-state index is 11.7. The Morgan fingerprint density at radius 1 is 1.50 bits per heavy atom. The molecule has 1 N–H and O–H groups in total. The van der Waals surface area contributed by atoms with Crippen LogP contribution in [0.15, 0.2) is 22.7 Å². The van der Waals surface area contributed by atoms with Crippen LogP contribution in [0.5, 0.6) is 0 Å². The van der Waals surface area contributed by atoms with E-state index in [1.54, 1.807) is 30.3 Å². The number of hydrogen-bond acceptors (Lipinski definition) is 4. The Bertz CT molecular complexity index is 582. The zero-order valence-corrected chi connectivity index (χ0v) is 12.8. The Labute approximate surface area is 118 Å². The summed E-state index contributed by atoms with van der Waals surface area (Å²) >= 11 is 4.97. The SMILES string of the molecule is CC(Nc1nc2cc(Br)ccc2s1)C(=O)N(C)C. The second-order valence-corrected chi connectivity index (χ2v) is 6.18. The third-order valence-electron chi connectivity index (χ3n) is 2.50. The van der Waals surface area contributed by atoms with Crippen LogP contribution in [-0.2, 0) is 4.79 Å². The minimum atomic E-state index is -0.274. The number of nitrogens with zero attached hydrogens (tertiary/aromatic N) is 2. The van der Waals surface area contributed by atoms with Crippen molar-refractivity contribution in [1.29, 1.82) is 0 Å². The van der Waals surface area contributed by atoms with E-state index >= 15 is 0 Å². The lowest BCUT2D eigenvalue weighted by Gasteiger charge is -2.17. The number of fused-ring (bicyclic) bond motifs is 1. The van der Waals surface area contributed by atoms with E-state index in [0.717, 1.165) is 19.8 Å². The van der Waals surface area contributed by atoms with Crippen LogP contribution in [0.25, 0.3) is 10.2 Å². The number of benzene rings is 1. The molecule has 0 aliphatic rings. The first-order valence-corrected chi connectivity index (χ1v) is 7.12. The van der Waals surface area contributed by atoms with Gasteiger partial charge in [0.15, 0.2) is 5.13 Å². The van der Waals surface area contributed by atoms with Gasteiger partial charge in [0.1, 0.15) is 6.04 Å². The number of halogens is 1. The Hall–Kier alpha value is -1.14. The quantitative estimate of drug-likeness (QED) is 0.942. The Kier molecular flexibility index (Phi) is 3.87. The average Bonchev–Trinajstić information content (AvgIpc) is 2.68. The van der Waals surface area contributed by atoms with Crippen LogP contribution in [0.1, 0.15) is 6.92 Å². The highest BCUT2D eigenvalue weighted by Crippen LogP contribution is 2.28. The van der Waals surface area contributed by atoms with Crippen LogP contribution in [-0.4, -0.2) is 35.9 Å². The van der Waals surface area contributed by atoms with Crippen molar-refractivity contribution in [3.63, 3.8) is 0 Å². The zero-order chi connectivity index (χ0) is 13.3. The van der Waals surface area contributed by atoms with Gasteiger partial charge in [0.25, 0.3) is 0 Å². The molecule has 1 atom stereocenters. The zero-order valence-electron chi connectivity index (χ0n) is 10.4. The van der Waals surface area contributed by atoms with Crippen molar-refractivity contribution >= 4 is 48.5 Å². The molecule has 0 saturated carbocycles. The monoisotopic (exact) mass is 327 g/mol. The topological polar surface area (TPSA) is 45.2 Å². The van der Waals surface area contributed by atoms with Crippen molar-refractivity contribution < 1.29 is 4.79 Å². The van der Waals surface area contributed by atoms with E-state index in [9.17, 15) is 4.79 Å². The average molecular weight is 328 g/mol. The van der Waals surface area contributed by atoms with Gasteiger partial charge in [-0.1, -0.05) is 27.3 Å². The molecule has 0 bridgehead atoms. The predicted molar refractivity (Wildman–Crippen MR) is 79.1 cm³/mol. The van der Waals surface area contributed by atoms with Gasteiger partial charge in [-0.25, -0.2) is 4.98 Å². The molecule has 1 heterocycles. The van der Waals surface area contributed by atoms with Crippen molar-refractivity contribution in [2.45, 2.75) is 13.0 Å². The predicted octanol–water partition coefficient (Wildman–Crippen LogP) is 2.95. The first-order valence-electron chi connectivity index (χ1n) is 5.51. The summed E-state index contributed by atoms with van der Waals surface area (Å²) in [5.41, 5.74) is 0.932. The highest BCUT2D eigenvalue weighted by Gasteiger charge is 2.16. The molecule has 4 nitrogen and oxygen atoms in total. The van der Waals surface area contributed by atoms with E-state index in [2.05, 4.69) is 26.2 Å². The number of hydrogen-bond donors (Lipinski definition) is 1. The smallest absolute Gasteiger partial charge is 0.244 e. The number of nitrogens with one attached hydrogen (secondary N) is 1. The van der Waals surface area contributed by atoms with E-state index in [1.807, 2.05) is 25.1 Å². The van der Waals surface area contributed by atoms with E-state index in [1.165, 1.54) is 0 Å². The van der Waals surface area contributed by atoms with Crippen molar-refractivity contribution in [3.8, 4) is 0 Å². The number of amides is 1. The third kappa shape index (κ3) is 2.81. The largest absolute Gasteiger partial charge is 0.350 e. The minimum absolute atomic E-state index is 0.0374. The molecular weight excluding hydrogens is 314 g/mol. The molecular formula is C12H14BrN3OS. The summed E-state index contributed by atoms with van der Waals surface area (Å²) in [6.07, 6.45) is 0. The number of carbonyl (C=O) groups is 1. The second kappa shape index (κ2) is 5.24. The third-order valence-corrected chi connectivity index (χ3v) is 3.96. The number of likely N-dealkylation sites (N-methyl/N-ethyl adjacent to an activating group) is 1. The van der Waals surface area contributed by atoms with Crippen LogP contribution in [0.3, 0.4) is 0 Å². The van der Waals surface area contributed by atoms with Crippen LogP contribution in [0, 0.1) is 0 Å². The summed E-state index contributed by atoms with van der Waals surface area (Å²) in [6.45, 7) is 1.84. The maximum Gasteiger partial charge on any atom is 0.244 e.